The fourth-order valence-electron chi connectivity index (χ4n) is 4.54. The van der Waals surface area contributed by atoms with Gasteiger partial charge in [0.1, 0.15) is 5.69 Å². The molecule has 4 aromatic carbocycles. The standard InChI is InChI=1S/C31H26N4O6S3/c1-19-25-17-22(11-14-28(25)43-29(19)30(32)36)20-7-9-21(10-8-20)31(37)34-44(40,41)24-12-13-26(27(18-24)35(38)39)33-15-16-42-23-5-3-2-4-6-23/h2-14,17-18,33H,15-16H2,1H3,(H2,32,36)(H,34,37). The normalized spacial score (nSPS) is 11.3. The highest BCUT2D eigenvalue weighted by atomic mass is 32.2. The van der Waals surface area contributed by atoms with E-state index in [4.69, 9.17) is 5.73 Å². The van der Waals surface area contributed by atoms with Crippen molar-refractivity contribution in [1.29, 1.82) is 0 Å². The molecule has 0 aliphatic heterocycles. The number of thioether (sulfide) groups is 1. The first-order chi connectivity index (χ1) is 21.0. The lowest BCUT2D eigenvalue weighted by Crippen LogP contribution is -2.30. The first kappa shape index (κ1) is 30.7. The molecule has 0 unspecified atom stereocenters. The van der Waals surface area contributed by atoms with Gasteiger partial charge in [0, 0.05) is 33.5 Å². The summed E-state index contributed by atoms with van der Waals surface area (Å²) in [6, 6.07) is 25.2. The number of benzene rings is 4. The topological polar surface area (TPSA) is 162 Å². The number of primary amides is 1. The van der Waals surface area contributed by atoms with Gasteiger partial charge in [0.05, 0.1) is 14.7 Å². The summed E-state index contributed by atoms with van der Waals surface area (Å²) in [7, 11) is -4.41. The van der Waals surface area contributed by atoms with Gasteiger partial charge >= 0.3 is 0 Å². The van der Waals surface area contributed by atoms with Crippen LogP contribution in [0, 0.1) is 17.0 Å². The second-order valence-corrected chi connectivity index (χ2v) is 13.6. The highest BCUT2D eigenvalue weighted by molar-refractivity contribution is 7.99. The molecule has 1 heterocycles. The van der Waals surface area contributed by atoms with Crippen molar-refractivity contribution in [2.45, 2.75) is 16.7 Å². The molecule has 0 radical (unpaired) electrons. The van der Waals surface area contributed by atoms with Crippen LogP contribution >= 0.6 is 23.1 Å². The van der Waals surface area contributed by atoms with Crippen molar-refractivity contribution in [3.8, 4) is 11.1 Å². The Morgan fingerprint density at radius 1 is 0.955 bits per heavy atom. The lowest BCUT2D eigenvalue weighted by molar-refractivity contribution is -0.384. The van der Waals surface area contributed by atoms with Gasteiger partial charge in [0.15, 0.2) is 0 Å². The first-order valence-electron chi connectivity index (χ1n) is 13.2. The number of nitro groups is 1. The van der Waals surface area contributed by atoms with Crippen LogP contribution in [0.3, 0.4) is 0 Å². The zero-order valence-electron chi connectivity index (χ0n) is 23.3. The summed E-state index contributed by atoms with van der Waals surface area (Å²) in [6.45, 7) is 2.25. The van der Waals surface area contributed by atoms with Gasteiger partial charge in [-0.1, -0.05) is 36.4 Å². The molecule has 0 spiro atoms. The van der Waals surface area contributed by atoms with E-state index in [1.165, 1.54) is 35.6 Å². The Labute approximate surface area is 261 Å². The van der Waals surface area contributed by atoms with E-state index in [0.717, 1.165) is 37.7 Å². The maximum Gasteiger partial charge on any atom is 0.293 e. The molecule has 2 amide bonds. The number of carbonyl (C=O) groups excluding carboxylic acids is 2. The largest absolute Gasteiger partial charge is 0.379 e. The summed E-state index contributed by atoms with van der Waals surface area (Å²) < 4.78 is 28.9. The van der Waals surface area contributed by atoms with Gasteiger partial charge < -0.3 is 11.1 Å². The van der Waals surface area contributed by atoms with Gasteiger partial charge in [-0.15, -0.1) is 23.1 Å². The van der Waals surface area contributed by atoms with Crippen LogP contribution < -0.4 is 15.8 Å². The predicted molar refractivity (Wildman–Crippen MR) is 174 cm³/mol. The average Bonchev–Trinajstić information content (AvgIpc) is 3.35. The average molecular weight is 647 g/mol. The quantitative estimate of drug-likeness (QED) is 0.0661. The van der Waals surface area contributed by atoms with Crippen LogP contribution in [-0.2, 0) is 10.0 Å². The Bertz CT molecular complexity index is 1990. The van der Waals surface area contributed by atoms with E-state index < -0.39 is 37.3 Å². The number of hydrogen-bond donors (Lipinski definition) is 3. The summed E-state index contributed by atoms with van der Waals surface area (Å²) in [5.41, 5.74) is 7.73. The summed E-state index contributed by atoms with van der Waals surface area (Å²) in [4.78, 5) is 36.8. The highest BCUT2D eigenvalue weighted by Gasteiger charge is 2.24. The second kappa shape index (κ2) is 12.9. The van der Waals surface area contributed by atoms with Crippen molar-refractivity contribution >= 4 is 66.4 Å². The van der Waals surface area contributed by atoms with E-state index in [2.05, 4.69) is 5.32 Å². The number of anilines is 1. The van der Waals surface area contributed by atoms with Crippen molar-refractivity contribution in [2.24, 2.45) is 5.73 Å². The molecule has 0 saturated heterocycles. The van der Waals surface area contributed by atoms with Gasteiger partial charge in [0.25, 0.3) is 27.5 Å². The van der Waals surface area contributed by atoms with Crippen LogP contribution in [0.2, 0.25) is 0 Å². The monoisotopic (exact) mass is 646 g/mol. The van der Waals surface area contributed by atoms with Crippen molar-refractivity contribution < 1.29 is 22.9 Å². The number of amides is 2. The van der Waals surface area contributed by atoms with E-state index in [-0.39, 0.29) is 11.3 Å². The summed E-state index contributed by atoms with van der Waals surface area (Å²) in [6.07, 6.45) is 0. The number of aryl methyl sites for hydroxylation is 1. The number of hydrogen-bond acceptors (Lipinski definition) is 9. The van der Waals surface area contributed by atoms with Gasteiger partial charge in [-0.25, -0.2) is 13.1 Å². The van der Waals surface area contributed by atoms with Crippen molar-refractivity contribution in [3.05, 3.63) is 117 Å². The smallest absolute Gasteiger partial charge is 0.293 e. The zero-order chi connectivity index (χ0) is 31.4. The number of rotatable bonds is 11. The predicted octanol–water partition coefficient (Wildman–Crippen LogP) is 6.21. The third kappa shape index (κ3) is 6.75. The van der Waals surface area contributed by atoms with Gasteiger partial charge in [-0.2, -0.15) is 0 Å². The van der Waals surface area contributed by atoms with E-state index >= 15 is 0 Å². The Hall–Kier alpha value is -4.72. The Morgan fingerprint density at radius 2 is 1.66 bits per heavy atom. The van der Waals surface area contributed by atoms with Crippen LogP contribution in [0.25, 0.3) is 21.2 Å². The molecule has 5 aromatic rings. The Morgan fingerprint density at radius 3 is 2.34 bits per heavy atom. The van der Waals surface area contributed by atoms with Gasteiger partial charge in [0.2, 0.25) is 0 Å². The first-order valence-corrected chi connectivity index (χ1v) is 16.5. The van der Waals surface area contributed by atoms with Crippen LogP contribution in [-0.4, -0.2) is 37.5 Å². The van der Waals surface area contributed by atoms with Crippen LogP contribution in [0.1, 0.15) is 25.6 Å². The maximum atomic E-state index is 13.0. The molecule has 0 bridgehead atoms. The minimum atomic E-state index is -4.41. The summed E-state index contributed by atoms with van der Waals surface area (Å²) >= 11 is 2.90. The third-order valence-corrected chi connectivity index (χ3v) is 10.4. The fraction of sp³-hybridized carbons (Fsp3) is 0.0968. The molecule has 44 heavy (non-hydrogen) atoms. The third-order valence-electron chi connectivity index (χ3n) is 6.77. The van der Waals surface area contributed by atoms with Crippen molar-refractivity contribution in [1.82, 2.24) is 4.72 Å². The second-order valence-electron chi connectivity index (χ2n) is 9.67. The molecule has 0 fully saturated rings. The highest BCUT2D eigenvalue weighted by Crippen LogP contribution is 2.34. The molecular formula is C31H26N4O6S3. The molecule has 1 aromatic heterocycles. The summed E-state index contributed by atoms with van der Waals surface area (Å²) in [5.74, 6) is -0.727. The number of fused-ring (bicyclic) bond motifs is 1. The zero-order valence-corrected chi connectivity index (χ0v) is 25.7. The number of nitrogens with zero attached hydrogens (tertiary/aromatic N) is 1. The molecule has 10 nitrogen and oxygen atoms in total. The minimum Gasteiger partial charge on any atom is -0.379 e. The Kier molecular flexibility index (Phi) is 8.99. The maximum absolute atomic E-state index is 13.0. The molecule has 0 aliphatic carbocycles. The lowest BCUT2D eigenvalue weighted by Gasteiger charge is -2.11. The minimum absolute atomic E-state index is 0.0878. The molecule has 224 valence electrons. The van der Waals surface area contributed by atoms with Crippen molar-refractivity contribution in [3.63, 3.8) is 0 Å². The number of nitrogens with one attached hydrogen (secondary N) is 2. The molecule has 0 atom stereocenters. The van der Waals surface area contributed by atoms with Crippen LogP contribution in [0.15, 0.2) is 101 Å². The fourth-order valence-corrected chi connectivity index (χ4v) is 7.36. The van der Waals surface area contributed by atoms with E-state index in [0.29, 0.717) is 17.2 Å². The van der Waals surface area contributed by atoms with E-state index in [1.807, 2.05) is 60.2 Å². The van der Waals surface area contributed by atoms with Crippen LogP contribution in [0.5, 0.6) is 0 Å². The SMILES string of the molecule is Cc1c(C(N)=O)sc2ccc(-c3ccc(C(=O)NS(=O)(=O)c4ccc(NCCSc5ccccc5)c([N+](=O)[O-])c4)cc3)cc12. The van der Waals surface area contributed by atoms with E-state index in [9.17, 15) is 28.1 Å². The number of nitrogens with two attached hydrogens (primary N) is 1. The molecule has 4 N–H and O–H groups in total. The molecular weight excluding hydrogens is 621 g/mol. The van der Waals surface area contributed by atoms with E-state index in [1.54, 1.807) is 23.9 Å². The van der Waals surface area contributed by atoms with Gasteiger partial charge in [-0.3, -0.25) is 19.7 Å². The molecule has 0 aliphatic rings. The number of thiophene rings is 1. The molecule has 13 heteroatoms. The van der Waals surface area contributed by atoms with Crippen molar-refractivity contribution in [2.75, 3.05) is 17.6 Å². The number of sulfonamides is 1. The lowest BCUT2D eigenvalue weighted by atomic mass is 10.0. The number of carbonyl (C=O) groups is 2. The molecule has 0 saturated carbocycles. The van der Waals surface area contributed by atoms with Crippen LogP contribution in [0.4, 0.5) is 11.4 Å². The number of nitro benzene ring substituents is 1. The molecule has 5 rings (SSSR count). The Balaban J connectivity index is 1.27. The summed E-state index contributed by atoms with van der Waals surface area (Å²) in [5, 5.41) is 15.6. The van der Waals surface area contributed by atoms with Gasteiger partial charge in [-0.05, 0) is 77.5 Å².